The first-order valence-corrected chi connectivity index (χ1v) is 7.28. The molecule has 3 heteroatoms. The van der Waals surface area contributed by atoms with Gasteiger partial charge in [-0.05, 0) is 38.1 Å². The predicted molar refractivity (Wildman–Crippen MR) is 71.2 cm³/mol. The average molecular weight is 243 g/mol. The third-order valence-corrected chi connectivity index (χ3v) is 3.80. The lowest BCUT2D eigenvalue weighted by Crippen LogP contribution is -2.30. The highest BCUT2D eigenvalue weighted by Gasteiger charge is 2.16. The number of nitrogens with one attached hydrogen (secondary N) is 1. The van der Waals surface area contributed by atoms with E-state index in [0.29, 0.717) is 6.61 Å². The normalized spacial score (nSPS) is 25.8. The summed E-state index contributed by atoms with van der Waals surface area (Å²) in [5, 5.41) is 12.2. The van der Waals surface area contributed by atoms with Gasteiger partial charge in [-0.3, -0.25) is 0 Å². The Kier molecular flexibility index (Phi) is 8.67. The van der Waals surface area contributed by atoms with E-state index >= 15 is 0 Å². The molecule has 2 N–H and O–H groups in total. The van der Waals surface area contributed by atoms with E-state index in [0.717, 1.165) is 31.5 Å². The Bertz CT molecular complexity index is 176. The Morgan fingerprint density at radius 2 is 2.06 bits per heavy atom. The molecular formula is C14H29NO2. The zero-order valence-electron chi connectivity index (χ0n) is 11.3. The number of ether oxygens (including phenoxy) is 1. The van der Waals surface area contributed by atoms with Gasteiger partial charge in [0.2, 0.25) is 0 Å². The van der Waals surface area contributed by atoms with Gasteiger partial charge in [-0.25, -0.2) is 0 Å². The molecule has 1 fully saturated rings. The Morgan fingerprint density at radius 3 is 2.82 bits per heavy atom. The third-order valence-electron chi connectivity index (χ3n) is 3.80. The molecule has 1 aliphatic carbocycles. The second-order valence-electron chi connectivity index (χ2n) is 5.12. The maximum atomic E-state index is 8.57. The number of aliphatic hydroxyl groups is 1. The highest BCUT2D eigenvalue weighted by Crippen LogP contribution is 2.25. The fraction of sp³-hybridized carbons (Fsp3) is 1.00. The molecule has 0 heterocycles. The van der Waals surface area contributed by atoms with Crippen LogP contribution in [0.25, 0.3) is 0 Å². The van der Waals surface area contributed by atoms with Crippen molar-refractivity contribution in [1.82, 2.24) is 5.32 Å². The molecule has 0 aromatic heterocycles. The van der Waals surface area contributed by atoms with Crippen LogP contribution < -0.4 is 5.32 Å². The SMILES string of the molecule is CCC1CCCC(NCCCOCCO)CC1. The van der Waals surface area contributed by atoms with Crippen molar-refractivity contribution in [3.8, 4) is 0 Å². The molecule has 0 bridgehead atoms. The van der Waals surface area contributed by atoms with Crippen molar-refractivity contribution < 1.29 is 9.84 Å². The van der Waals surface area contributed by atoms with Crippen LogP contribution in [0.15, 0.2) is 0 Å². The van der Waals surface area contributed by atoms with E-state index in [4.69, 9.17) is 9.84 Å². The van der Waals surface area contributed by atoms with Crippen molar-refractivity contribution in [2.75, 3.05) is 26.4 Å². The van der Waals surface area contributed by atoms with Crippen LogP contribution in [0.2, 0.25) is 0 Å². The Labute approximate surface area is 106 Å². The summed E-state index contributed by atoms with van der Waals surface area (Å²) in [6.07, 6.45) is 9.29. The summed E-state index contributed by atoms with van der Waals surface area (Å²) in [6.45, 7) is 4.73. The van der Waals surface area contributed by atoms with Gasteiger partial charge in [0.05, 0.1) is 13.2 Å². The molecule has 1 aliphatic rings. The summed E-state index contributed by atoms with van der Waals surface area (Å²) in [5.74, 6) is 0.967. The number of hydrogen-bond donors (Lipinski definition) is 2. The van der Waals surface area contributed by atoms with Crippen molar-refractivity contribution in [3.63, 3.8) is 0 Å². The van der Waals surface area contributed by atoms with Crippen LogP contribution in [0, 0.1) is 5.92 Å². The average Bonchev–Trinajstić information content (AvgIpc) is 2.59. The molecule has 17 heavy (non-hydrogen) atoms. The van der Waals surface area contributed by atoms with E-state index in [2.05, 4.69) is 12.2 Å². The van der Waals surface area contributed by atoms with Gasteiger partial charge in [0.1, 0.15) is 0 Å². The first-order chi connectivity index (χ1) is 8.36. The maximum absolute atomic E-state index is 8.57. The maximum Gasteiger partial charge on any atom is 0.0697 e. The number of rotatable bonds is 8. The lowest BCUT2D eigenvalue weighted by molar-refractivity contribution is 0.0903. The third kappa shape index (κ3) is 7.02. The first kappa shape index (κ1) is 14.9. The van der Waals surface area contributed by atoms with Crippen LogP contribution in [-0.2, 0) is 4.74 Å². The molecule has 0 aliphatic heterocycles. The standard InChI is InChI=1S/C14H29NO2/c1-2-13-5-3-6-14(8-7-13)15-9-4-11-17-12-10-16/h13-16H,2-12H2,1H3. The van der Waals surface area contributed by atoms with E-state index < -0.39 is 0 Å². The van der Waals surface area contributed by atoms with Crippen LogP contribution in [-0.4, -0.2) is 37.5 Å². The Hall–Kier alpha value is -0.120. The highest BCUT2D eigenvalue weighted by atomic mass is 16.5. The van der Waals surface area contributed by atoms with Crippen molar-refractivity contribution in [2.45, 2.75) is 57.9 Å². The van der Waals surface area contributed by atoms with Gasteiger partial charge in [-0.1, -0.05) is 26.2 Å². The van der Waals surface area contributed by atoms with Gasteiger partial charge in [0, 0.05) is 12.6 Å². The van der Waals surface area contributed by atoms with Crippen molar-refractivity contribution in [3.05, 3.63) is 0 Å². The Morgan fingerprint density at radius 1 is 1.18 bits per heavy atom. The molecule has 3 nitrogen and oxygen atoms in total. The minimum absolute atomic E-state index is 0.133. The summed E-state index contributed by atoms with van der Waals surface area (Å²) in [7, 11) is 0. The van der Waals surface area contributed by atoms with E-state index in [-0.39, 0.29) is 6.61 Å². The molecule has 0 saturated heterocycles. The smallest absolute Gasteiger partial charge is 0.0697 e. The molecule has 2 atom stereocenters. The summed E-state index contributed by atoms with van der Waals surface area (Å²) >= 11 is 0. The first-order valence-electron chi connectivity index (χ1n) is 7.28. The number of hydrogen-bond acceptors (Lipinski definition) is 3. The van der Waals surface area contributed by atoms with E-state index in [1.165, 1.54) is 38.5 Å². The zero-order chi connectivity index (χ0) is 12.3. The minimum Gasteiger partial charge on any atom is -0.394 e. The topological polar surface area (TPSA) is 41.5 Å². The number of aliphatic hydroxyl groups excluding tert-OH is 1. The second kappa shape index (κ2) is 9.86. The van der Waals surface area contributed by atoms with Crippen LogP contribution in [0.4, 0.5) is 0 Å². The largest absolute Gasteiger partial charge is 0.394 e. The van der Waals surface area contributed by atoms with Gasteiger partial charge in [0.25, 0.3) is 0 Å². The molecule has 1 saturated carbocycles. The molecule has 102 valence electrons. The van der Waals surface area contributed by atoms with Crippen LogP contribution in [0.5, 0.6) is 0 Å². The fourth-order valence-corrected chi connectivity index (χ4v) is 2.64. The monoisotopic (exact) mass is 243 g/mol. The minimum atomic E-state index is 0.133. The summed E-state index contributed by atoms with van der Waals surface area (Å²) in [5.41, 5.74) is 0. The lowest BCUT2D eigenvalue weighted by Gasteiger charge is -2.16. The van der Waals surface area contributed by atoms with Crippen molar-refractivity contribution >= 4 is 0 Å². The fourth-order valence-electron chi connectivity index (χ4n) is 2.64. The van der Waals surface area contributed by atoms with E-state index in [9.17, 15) is 0 Å². The quantitative estimate of drug-likeness (QED) is 0.508. The van der Waals surface area contributed by atoms with Gasteiger partial charge in [0.15, 0.2) is 0 Å². The molecule has 0 aromatic rings. The van der Waals surface area contributed by atoms with Gasteiger partial charge >= 0.3 is 0 Å². The zero-order valence-corrected chi connectivity index (χ0v) is 11.3. The molecule has 0 radical (unpaired) electrons. The molecule has 0 amide bonds. The van der Waals surface area contributed by atoms with Crippen LogP contribution in [0.3, 0.4) is 0 Å². The Balaban J connectivity index is 1.99. The molecule has 2 unspecified atom stereocenters. The van der Waals surface area contributed by atoms with Crippen LogP contribution >= 0.6 is 0 Å². The van der Waals surface area contributed by atoms with Gasteiger partial charge < -0.3 is 15.2 Å². The summed E-state index contributed by atoms with van der Waals surface area (Å²) in [6, 6.07) is 0.726. The molecule has 1 rings (SSSR count). The lowest BCUT2D eigenvalue weighted by atomic mass is 9.98. The van der Waals surface area contributed by atoms with Gasteiger partial charge in [-0.15, -0.1) is 0 Å². The van der Waals surface area contributed by atoms with E-state index in [1.807, 2.05) is 0 Å². The second-order valence-corrected chi connectivity index (χ2v) is 5.12. The summed E-state index contributed by atoms with van der Waals surface area (Å²) < 4.78 is 5.24. The predicted octanol–water partition coefficient (Wildman–Crippen LogP) is 2.33. The molecule has 0 spiro atoms. The molecular weight excluding hydrogens is 214 g/mol. The van der Waals surface area contributed by atoms with Gasteiger partial charge in [-0.2, -0.15) is 0 Å². The molecule has 0 aromatic carbocycles. The van der Waals surface area contributed by atoms with Crippen molar-refractivity contribution in [1.29, 1.82) is 0 Å². The van der Waals surface area contributed by atoms with E-state index in [1.54, 1.807) is 0 Å². The highest BCUT2D eigenvalue weighted by molar-refractivity contribution is 4.74. The van der Waals surface area contributed by atoms with Crippen LogP contribution in [0.1, 0.15) is 51.9 Å². The van der Waals surface area contributed by atoms with Crippen molar-refractivity contribution in [2.24, 2.45) is 5.92 Å². The summed E-state index contributed by atoms with van der Waals surface area (Å²) in [4.78, 5) is 0.